The summed E-state index contributed by atoms with van der Waals surface area (Å²) in [5.74, 6) is 3.34. The van der Waals surface area contributed by atoms with Gasteiger partial charge in [0.2, 0.25) is 0 Å². The van der Waals surface area contributed by atoms with Crippen LogP contribution < -0.4 is 10.1 Å². The number of aromatic nitrogens is 3. The molecule has 1 N–H and O–H groups in total. The fraction of sp³-hybridized carbons (Fsp3) is 0.500. The van der Waals surface area contributed by atoms with Gasteiger partial charge in [-0.1, -0.05) is 26.0 Å². The van der Waals surface area contributed by atoms with Gasteiger partial charge in [-0.05, 0) is 24.5 Å². The van der Waals surface area contributed by atoms with Gasteiger partial charge < -0.3 is 14.6 Å². The molecule has 5 nitrogen and oxygen atoms in total. The Kier molecular flexibility index (Phi) is 3.68. The van der Waals surface area contributed by atoms with E-state index in [0.717, 1.165) is 41.6 Å². The van der Waals surface area contributed by atoms with Crippen LogP contribution in [0.15, 0.2) is 18.2 Å². The van der Waals surface area contributed by atoms with E-state index in [4.69, 9.17) is 4.74 Å². The molecule has 2 heterocycles. The van der Waals surface area contributed by atoms with Gasteiger partial charge in [0.25, 0.3) is 0 Å². The van der Waals surface area contributed by atoms with Crippen LogP contribution in [-0.4, -0.2) is 28.4 Å². The van der Waals surface area contributed by atoms with E-state index in [9.17, 15) is 0 Å². The summed E-state index contributed by atoms with van der Waals surface area (Å²) >= 11 is 0. The predicted molar refractivity (Wildman–Crippen MR) is 82.3 cm³/mol. The fourth-order valence-electron chi connectivity index (χ4n) is 2.90. The van der Waals surface area contributed by atoms with Crippen LogP contribution in [0.3, 0.4) is 0 Å². The molecule has 2 aromatic rings. The van der Waals surface area contributed by atoms with Crippen molar-refractivity contribution >= 4 is 0 Å². The first-order valence-electron chi connectivity index (χ1n) is 7.43. The zero-order valence-corrected chi connectivity index (χ0v) is 13.1. The standard InChI is InChI=1S/C16H22N4O/c1-10(2)14-16-19-18-15(20(16)8-7-17-14)12-6-5-11(3)13(9-12)21-4/h5-6,9-10,14,17H,7-8H2,1-4H3. The molecule has 0 fully saturated rings. The van der Waals surface area contributed by atoms with E-state index >= 15 is 0 Å². The van der Waals surface area contributed by atoms with E-state index in [0.29, 0.717) is 5.92 Å². The van der Waals surface area contributed by atoms with Crippen molar-refractivity contribution in [2.75, 3.05) is 13.7 Å². The van der Waals surface area contributed by atoms with Crippen LogP contribution in [0.2, 0.25) is 0 Å². The maximum atomic E-state index is 5.42. The summed E-state index contributed by atoms with van der Waals surface area (Å²) in [7, 11) is 1.70. The highest BCUT2D eigenvalue weighted by Crippen LogP contribution is 2.30. The second-order valence-electron chi connectivity index (χ2n) is 5.89. The van der Waals surface area contributed by atoms with Crippen LogP contribution in [0.25, 0.3) is 11.4 Å². The third kappa shape index (κ3) is 2.42. The Labute approximate surface area is 125 Å². The van der Waals surface area contributed by atoms with E-state index in [1.165, 1.54) is 0 Å². The predicted octanol–water partition coefficient (Wildman–Crippen LogP) is 2.56. The van der Waals surface area contributed by atoms with Crippen molar-refractivity contribution < 1.29 is 4.74 Å². The zero-order chi connectivity index (χ0) is 15.0. The summed E-state index contributed by atoms with van der Waals surface area (Å²) in [4.78, 5) is 0. The number of aryl methyl sites for hydroxylation is 1. The van der Waals surface area contributed by atoms with Crippen LogP contribution in [-0.2, 0) is 6.54 Å². The van der Waals surface area contributed by atoms with Gasteiger partial charge in [0.15, 0.2) is 11.6 Å². The molecule has 1 aromatic carbocycles. The molecule has 0 radical (unpaired) electrons. The molecule has 0 aliphatic carbocycles. The fourth-order valence-corrected chi connectivity index (χ4v) is 2.90. The van der Waals surface area contributed by atoms with E-state index in [2.05, 4.69) is 46.1 Å². The molecule has 1 aliphatic rings. The van der Waals surface area contributed by atoms with Crippen LogP contribution in [0, 0.1) is 12.8 Å². The van der Waals surface area contributed by atoms with Crippen molar-refractivity contribution in [2.24, 2.45) is 5.92 Å². The number of hydrogen-bond acceptors (Lipinski definition) is 4. The molecule has 0 bridgehead atoms. The number of hydrogen-bond donors (Lipinski definition) is 1. The van der Waals surface area contributed by atoms with E-state index < -0.39 is 0 Å². The molecule has 0 saturated heterocycles. The van der Waals surface area contributed by atoms with Gasteiger partial charge in [0.05, 0.1) is 13.2 Å². The highest BCUT2D eigenvalue weighted by molar-refractivity contribution is 5.59. The maximum Gasteiger partial charge on any atom is 0.164 e. The Balaban J connectivity index is 2.05. The van der Waals surface area contributed by atoms with Gasteiger partial charge in [0.1, 0.15) is 5.75 Å². The van der Waals surface area contributed by atoms with Crippen LogP contribution in [0.5, 0.6) is 5.75 Å². The summed E-state index contributed by atoms with van der Waals surface area (Å²) in [6, 6.07) is 6.46. The Morgan fingerprint density at radius 3 is 2.86 bits per heavy atom. The second-order valence-corrected chi connectivity index (χ2v) is 5.89. The number of fused-ring (bicyclic) bond motifs is 1. The van der Waals surface area contributed by atoms with Gasteiger partial charge in [-0.2, -0.15) is 0 Å². The number of rotatable bonds is 3. The van der Waals surface area contributed by atoms with Crippen LogP contribution in [0.4, 0.5) is 0 Å². The van der Waals surface area contributed by atoms with Crippen LogP contribution >= 0.6 is 0 Å². The molecule has 0 spiro atoms. The summed E-state index contributed by atoms with van der Waals surface area (Å²) < 4.78 is 7.64. The minimum atomic E-state index is 0.271. The first-order chi connectivity index (χ1) is 10.1. The SMILES string of the molecule is COc1cc(-c2nnc3n2CCNC3C(C)C)ccc1C. The van der Waals surface area contributed by atoms with E-state index in [-0.39, 0.29) is 6.04 Å². The van der Waals surface area contributed by atoms with Crippen molar-refractivity contribution in [3.05, 3.63) is 29.6 Å². The Bertz CT molecular complexity index is 648. The lowest BCUT2D eigenvalue weighted by molar-refractivity contribution is 0.339. The molecule has 112 valence electrons. The van der Waals surface area contributed by atoms with Gasteiger partial charge in [-0.3, -0.25) is 0 Å². The maximum absolute atomic E-state index is 5.42. The third-order valence-corrected chi connectivity index (χ3v) is 4.09. The molecule has 1 aliphatic heterocycles. The lowest BCUT2D eigenvalue weighted by atomic mass is 10.0. The highest BCUT2D eigenvalue weighted by Gasteiger charge is 2.27. The largest absolute Gasteiger partial charge is 0.496 e. The molecule has 0 saturated carbocycles. The monoisotopic (exact) mass is 286 g/mol. The highest BCUT2D eigenvalue weighted by atomic mass is 16.5. The lowest BCUT2D eigenvalue weighted by Gasteiger charge is -2.27. The number of nitrogens with one attached hydrogen (secondary N) is 1. The first kappa shape index (κ1) is 14.1. The van der Waals surface area contributed by atoms with Crippen molar-refractivity contribution in [3.8, 4) is 17.1 Å². The average molecular weight is 286 g/mol. The summed E-state index contributed by atoms with van der Waals surface area (Å²) in [5.41, 5.74) is 2.18. The molecule has 0 amide bonds. The van der Waals surface area contributed by atoms with Gasteiger partial charge in [0, 0.05) is 18.7 Å². The van der Waals surface area contributed by atoms with E-state index in [1.54, 1.807) is 7.11 Å². The van der Waals surface area contributed by atoms with Crippen molar-refractivity contribution in [1.29, 1.82) is 0 Å². The van der Waals surface area contributed by atoms with Crippen molar-refractivity contribution in [1.82, 2.24) is 20.1 Å². The van der Waals surface area contributed by atoms with Gasteiger partial charge in [-0.25, -0.2) is 0 Å². The Hall–Kier alpha value is -1.88. The number of nitrogens with zero attached hydrogens (tertiary/aromatic N) is 3. The van der Waals surface area contributed by atoms with Gasteiger partial charge in [-0.15, -0.1) is 10.2 Å². The smallest absolute Gasteiger partial charge is 0.164 e. The normalized spacial score (nSPS) is 17.9. The lowest BCUT2D eigenvalue weighted by Crippen LogP contribution is -2.36. The minimum absolute atomic E-state index is 0.271. The van der Waals surface area contributed by atoms with Crippen LogP contribution in [0.1, 0.15) is 31.3 Å². The number of benzene rings is 1. The topological polar surface area (TPSA) is 52.0 Å². The van der Waals surface area contributed by atoms with E-state index in [1.807, 2.05) is 13.0 Å². The Morgan fingerprint density at radius 1 is 1.33 bits per heavy atom. The first-order valence-corrected chi connectivity index (χ1v) is 7.43. The number of methoxy groups -OCH3 is 1. The molecule has 3 rings (SSSR count). The Morgan fingerprint density at radius 2 is 2.14 bits per heavy atom. The zero-order valence-electron chi connectivity index (χ0n) is 13.1. The molecule has 1 atom stereocenters. The minimum Gasteiger partial charge on any atom is -0.496 e. The van der Waals surface area contributed by atoms with Gasteiger partial charge >= 0.3 is 0 Å². The molecular weight excluding hydrogens is 264 g/mol. The van der Waals surface area contributed by atoms with Crippen molar-refractivity contribution in [3.63, 3.8) is 0 Å². The summed E-state index contributed by atoms with van der Waals surface area (Å²) in [5, 5.41) is 12.4. The molecule has 5 heteroatoms. The molecular formula is C16H22N4O. The molecule has 1 unspecified atom stereocenters. The van der Waals surface area contributed by atoms with Crippen molar-refractivity contribution in [2.45, 2.75) is 33.4 Å². The summed E-state index contributed by atoms with van der Waals surface area (Å²) in [6.45, 7) is 8.30. The summed E-state index contributed by atoms with van der Waals surface area (Å²) in [6.07, 6.45) is 0. The molecule has 21 heavy (non-hydrogen) atoms. The average Bonchev–Trinajstić information content (AvgIpc) is 2.91. The third-order valence-electron chi connectivity index (χ3n) is 4.09. The molecule has 1 aromatic heterocycles. The quantitative estimate of drug-likeness (QED) is 0.942. The second kappa shape index (κ2) is 5.48. The number of ether oxygens (including phenoxy) is 1.